The Morgan fingerprint density at radius 2 is 2.09 bits per heavy atom. The van der Waals surface area contributed by atoms with Crippen molar-refractivity contribution >= 4 is 45.5 Å². The van der Waals surface area contributed by atoms with E-state index in [0.717, 1.165) is 0 Å². The molecule has 0 aromatic heterocycles. The molecule has 9 heteroatoms. The summed E-state index contributed by atoms with van der Waals surface area (Å²) in [5.41, 5.74) is 0. The number of rotatable bonds is 11. The van der Waals surface area contributed by atoms with Gasteiger partial charge in [-0.15, -0.1) is 24.9 Å². The number of alkyl halides is 1. The molecule has 3 heterocycles. The molecule has 3 fully saturated rings. The highest BCUT2D eigenvalue weighted by Gasteiger charge is 2.76. The summed E-state index contributed by atoms with van der Waals surface area (Å²) in [5.74, 6) is -2.05. The third-order valence-electron chi connectivity index (χ3n) is 7.11. The normalized spacial score (nSPS) is 33.2. The van der Waals surface area contributed by atoms with Crippen molar-refractivity contribution in [1.82, 2.24) is 9.80 Å². The van der Waals surface area contributed by atoms with Crippen LogP contribution in [-0.4, -0.2) is 85.4 Å². The number of carbonyl (C=O) groups excluding carboxylic acids is 3. The van der Waals surface area contributed by atoms with Gasteiger partial charge in [-0.3, -0.25) is 14.4 Å². The molecule has 0 aromatic carbocycles. The number of aliphatic hydroxyl groups excluding tert-OH is 1. The molecule has 2 amide bonds. The second-order valence-corrected chi connectivity index (χ2v) is 12.0. The first-order chi connectivity index (χ1) is 15.7. The zero-order valence-electron chi connectivity index (χ0n) is 19.6. The molecule has 184 valence electrons. The highest BCUT2D eigenvalue weighted by Crippen LogP contribution is 2.68. The van der Waals surface area contributed by atoms with Crippen LogP contribution >= 0.6 is 27.7 Å². The summed E-state index contributed by atoms with van der Waals surface area (Å²) in [4.78, 5) is 44.4. The summed E-state index contributed by atoms with van der Waals surface area (Å²) in [6.07, 6.45) is 5.02. The Kier molecular flexibility index (Phi) is 8.38. The van der Waals surface area contributed by atoms with Gasteiger partial charge in [-0.1, -0.05) is 35.0 Å². The minimum absolute atomic E-state index is 0.0140. The minimum Gasteiger partial charge on any atom is -0.465 e. The van der Waals surface area contributed by atoms with Gasteiger partial charge in [0.25, 0.3) is 0 Å². The van der Waals surface area contributed by atoms with E-state index in [2.05, 4.69) is 29.1 Å². The Labute approximate surface area is 209 Å². The van der Waals surface area contributed by atoms with Crippen molar-refractivity contribution in [2.75, 3.05) is 19.8 Å². The molecule has 1 spiro atoms. The van der Waals surface area contributed by atoms with E-state index in [1.807, 2.05) is 20.8 Å². The Balaban J connectivity index is 2.07. The van der Waals surface area contributed by atoms with Gasteiger partial charge in [0, 0.05) is 22.7 Å². The number of thioether (sulfide) groups is 1. The van der Waals surface area contributed by atoms with Gasteiger partial charge >= 0.3 is 5.97 Å². The fraction of sp³-hybridized carbons (Fsp3) is 0.708. The fourth-order valence-electron chi connectivity index (χ4n) is 5.61. The number of amides is 2. The molecule has 3 saturated heterocycles. The molecule has 0 aromatic rings. The van der Waals surface area contributed by atoms with Gasteiger partial charge < -0.3 is 19.6 Å². The molecule has 1 N–H and O–H groups in total. The molecule has 3 rings (SSSR count). The molecule has 7 atom stereocenters. The SMILES string of the molecule is C=CCCOC(=O)[C@H]1[C@H]2C(=O)N([C@@H](CC)CO)C(C(=O)N(CC=C)C(C)C)C23CC(Br)[C@@H]1S3. The summed E-state index contributed by atoms with van der Waals surface area (Å²) in [7, 11) is 0. The second kappa shape index (κ2) is 10.5. The Morgan fingerprint density at radius 3 is 2.64 bits per heavy atom. The topological polar surface area (TPSA) is 87.1 Å². The average molecular weight is 544 g/mol. The van der Waals surface area contributed by atoms with Crippen molar-refractivity contribution in [1.29, 1.82) is 0 Å². The van der Waals surface area contributed by atoms with Crippen LogP contribution in [0.3, 0.4) is 0 Å². The van der Waals surface area contributed by atoms with Gasteiger partial charge in [0.15, 0.2) is 0 Å². The van der Waals surface area contributed by atoms with Crippen molar-refractivity contribution < 1.29 is 24.2 Å². The zero-order valence-corrected chi connectivity index (χ0v) is 22.0. The number of aliphatic hydroxyl groups is 1. The molecule has 3 unspecified atom stereocenters. The van der Waals surface area contributed by atoms with Crippen LogP contribution in [0.1, 0.15) is 40.0 Å². The smallest absolute Gasteiger partial charge is 0.310 e. The molecular weight excluding hydrogens is 508 g/mol. The van der Waals surface area contributed by atoms with Crippen LogP contribution in [0.25, 0.3) is 0 Å². The first-order valence-electron chi connectivity index (χ1n) is 11.6. The number of carbonyl (C=O) groups is 3. The van der Waals surface area contributed by atoms with E-state index >= 15 is 0 Å². The van der Waals surface area contributed by atoms with Gasteiger partial charge in [-0.25, -0.2) is 0 Å². The van der Waals surface area contributed by atoms with Crippen LogP contribution in [0.15, 0.2) is 25.3 Å². The Bertz CT molecular complexity index is 804. The van der Waals surface area contributed by atoms with Crippen LogP contribution in [-0.2, 0) is 19.1 Å². The maximum atomic E-state index is 14.0. The van der Waals surface area contributed by atoms with Crippen molar-refractivity contribution in [2.24, 2.45) is 11.8 Å². The van der Waals surface area contributed by atoms with E-state index in [0.29, 0.717) is 25.8 Å². The predicted octanol–water partition coefficient (Wildman–Crippen LogP) is 2.76. The van der Waals surface area contributed by atoms with Crippen molar-refractivity contribution in [3.63, 3.8) is 0 Å². The van der Waals surface area contributed by atoms with Crippen molar-refractivity contribution in [2.45, 2.75) is 73.0 Å². The molecule has 0 saturated carbocycles. The summed E-state index contributed by atoms with van der Waals surface area (Å²) in [6, 6.07) is -1.33. The molecule has 0 radical (unpaired) electrons. The Morgan fingerprint density at radius 1 is 1.39 bits per heavy atom. The number of fused-ring (bicyclic) bond motifs is 1. The first kappa shape index (κ1) is 26.3. The minimum atomic E-state index is -0.754. The lowest BCUT2D eigenvalue weighted by atomic mass is 9.71. The number of nitrogens with zero attached hydrogens (tertiary/aromatic N) is 2. The Hall–Kier alpha value is -1.32. The number of hydrogen-bond donors (Lipinski definition) is 1. The standard InChI is InChI=1S/C24H35BrN2O5S/c1-6-9-11-32-23(31)17-18-21(29)27(15(8-3)13-28)20(22(30)26(10-7-2)14(4)5)24(18)12-16(25)19(17)33-24/h6-7,14-20,28H,1-2,8-13H2,3-5H3/t15-,16?,17-,18-,19-,20?,24?/m0/s1. The van der Waals surface area contributed by atoms with Crippen LogP contribution < -0.4 is 0 Å². The summed E-state index contributed by atoms with van der Waals surface area (Å²) >= 11 is 5.31. The maximum absolute atomic E-state index is 14.0. The molecule has 0 aliphatic carbocycles. The van der Waals surface area contributed by atoms with Crippen LogP contribution in [0.4, 0.5) is 0 Å². The van der Waals surface area contributed by atoms with E-state index in [1.54, 1.807) is 33.7 Å². The fourth-order valence-corrected chi connectivity index (χ4v) is 9.19. The average Bonchev–Trinajstić information content (AvgIpc) is 3.36. The molecule has 3 aliphatic heterocycles. The van der Waals surface area contributed by atoms with E-state index in [9.17, 15) is 19.5 Å². The first-order valence-corrected chi connectivity index (χ1v) is 13.4. The van der Waals surface area contributed by atoms with Gasteiger partial charge in [0.05, 0.1) is 35.8 Å². The molecule has 2 bridgehead atoms. The second-order valence-electron chi connectivity index (χ2n) is 9.27. The van der Waals surface area contributed by atoms with Crippen LogP contribution in [0.5, 0.6) is 0 Å². The number of likely N-dealkylation sites (tertiary alicyclic amines) is 1. The maximum Gasteiger partial charge on any atom is 0.310 e. The van der Waals surface area contributed by atoms with E-state index in [1.165, 1.54) is 0 Å². The van der Waals surface area contributed by atoms with Crippen LogP contribution in [0.2, 0.25) is 0 Å². The summed E-state index contributed by atoms with van der Waals surface area (Å²) < 4.78 is 4.77. The lowest BCUT2D eigenvalue weighted by Crippen LogP contribution is -2.58. The van der Waals surface area contributed by atoms with E-state index in [4.69, 9.17) is 4.74 Å². The third kappa shape index (κ3) is 4.29. The lowest BCUT2D eigenvalue weighted by Gasteiger charge is -2.40. The molecule has 3 aliphatic rings. The van der Waals surface area contributed by atoms with Gasteiger partial charge in [-0.05, 0) is 33.1 Å². The lowest BCUT2D eigenvalue weighted by molar-refractivity contribution is -0.154. The number of esters is 1. The monoisotopic (exact) mass is 542 g/mol. The number of halogens is 1. The van der Waals surface area contributed by atoms with Gasteiger partial charge in [0.2, 0.25) is 11.8 Å². The van der Waals surface area contributed by atoms with Gasteiger partial charge in [0.1, 0.15) is 6.04 Å². The molecule has 33 heavy (non-hydrogen) atoms. The number of ether oxygens (including phenoxy) is 1. The number of hydrogen-bond acceptors (Lipinski definition) is 6. The summed E-state index contributed by atoms with van der Waals surface area (Å²) in [6.45, 7) is 13.6. The highest BCUT2D eigenvalue weighted by molar-refractivity contribution is 9.09. The largest absolute Gasteiger partial charge is 0.465 e. The van der Waals surface area contributed by atoms with E-state index < -0.39 is 34.6 Å². The summed E-state index contributed by atoms with van der Waals surface area (Å²) in [5, 5.41) is 9.96. The zero-order chi connectivity index (χ0) is 24.5. The highest BCUT2D eigenvalue weighted by atomic mass is 79.9. The quantitative estimate of drug-likeness (QED) is 0.187. The van der Waals surface area contributed by atoms with Crippen LogP contribution in [0, 0.1) is 11.8 Å². The van der Waals surface area contributed by atoms with E-state index in [-0.39, 0.29) is 41.1 Å². The predicted molar refractivity (Wildman–Crippen MR) is 133 cm³/mol. The van der Waals surface area contributed by atoms with Crippen molar-refractivity contribution in [3.05, 3.63) is 25.3 Å². The van der Waals surface area contributed by atoms with Gasteiger partial charge in [-0.2, -0.15) is 0 Å². The molecular formula is C24H35BrN2O5S. The molecule has 7 nitrogen and oxygen atoms in total. The van der Waals surface area contributed by atoms with Crippen molar-refractivity contribution in [3.8, 4) is 0 Å². The third-order valence-corrected chi connectivity index (χ3v) is 10.3.